The Bertz CT molecular complexity index is 2220. The van der Waals surface area contributed by atoms with Gasteiger partial charge in [-0.25, -0.2) is 0 Å². The zero-order chi connectivity index (χ0) is 34.1. The van der Waals surface area contributed by atoms with Crippen LogP contribution in [0.4, 0.5) is 0 Å². The Kier molecular flexibility index (Phi) is 11.1. The molecule has 2 nitrogen and oxygen atoms in total. The smallest absolute Gasteiger partial charge is 0.0246 e. The third kappa shape index (κ3) is 8.15. The minimum atomic E-state index is -1.72. The molecule has 4 aromatic carbocycles. The first kappa shape index (κ1) is 36.0. The van der Waals surface area contributed by atoms with E-state index in [0.717, 1.165) is 40.3 Å². The van der Waals surface area contributed by atoms with Crippen LogP contribution in [-0.4, -0.2) is 23.2 Å². The van der Waals surface area contributed by atoms with Gasteiger partial charge in [-0.05, 0) is 82.5 Å². The molecule has 5 heteroatoms. The molecule has 0 amide bonds. The van der Waals surface area contributed by atoms with Crippen LogP contribution in [0.2, 0.25) is 17.3 Å². The van der Waals surface area contributed by atoms with Crippen LogP contribution in [-0.2, 0) is 26.5 Å². The first-order chi connectivity index (χ1) is 24.4. The molecule has 259 valence electrons. The van der Waals surface area contributed by atoms with Gasteiger partial charge < -0.3 is 4.98 Å². The van der Waals surface area contributed by atoms with Crippen molar-refractivity contribution in [3.8, 4) is 33.6 Å². The zero-order valence-corrected chi connectivity index (χ0v) is 35.0. The van der Waals surface area contributed by atoms with Gasteiger partial charge in [0.15, 0.2) is 0 Å². The molecule has 51 heavy (non-hydrogen) atoms. The maximum absolute atomic E-state index is 4.74. The summed E-state index contributed by atoms with van der Waals surface area (Å²) in [4.78, 5) is 9.27. The third-order valence-corrected chi connectivity index (χ3v) is 16.3. The van der Waals surface area contributed by atoms with Crippen molar-refractivity contribution in [2.75, 3.05) is 0 Å². The minimum absolute atomic E-state index is 0. The Balaban J connectivity index is 0.000000202. The van der Waals surface area contributed by atoms with E-state index in [2.05, 4.69) is 119 Å². The normalized spacial score (nSPS) is 18.2. The van der Waals surface area contributed by atoms with E-state index in [9.17, 15) is 0 Å². The summed E-state index contributed by atoms with van der Waals surface area (Å²) >= 11 is 0.152. The van der Waals surface area contributed by atoms with Crippen LogP contribution in [0.5, 0.6) is 0 Å². The average Bonchev–Trinajstić information content (AvgIpc) is 3.53. The number of hydrogen-bond acceptors (Lipinski definition) is 3. The molecule has 0 N–H and O–H groups in total. The van der Waals surface area contributed by atoms with Gasteiger partial charge in [0.1, 0.15) is 0 Å². The van der Waals surface area contributed by atoms with Crippen LogP contribution in [0.1, 0.15) is 37.7 Å². The van der Waals surface area contributed by atoms with Gasteiger partial charge in [-0.15, -0.1) is 23.8 Å². The number of rotatable bonds is 6. The summed E-state index contributed by atoms with van der Waals surface area (Å²) < 4.78 is 4.08. The number of fused-ring (bicyclic) bond motifs is 6. The second-order valence-corrected chi connectivity index (χ2v) is 27.0. The average molecular weight is 922 g/mol. The number of aromatic nitrogens is 2. The summed E-state index contributed by atoms with van der Waals surface area (Å²) in [7, 11) is 0. The van der Waals surface area contributed by atoms with Gasteiger partial charge in [0.05, 0.1) is 0 Å². The number of nitrogens with zero attached hydrogens (tertiary/aromatic N) is 2. The molecule has 1 radical (unpaired) electrons. The van der Waals surface area contributed by atoms with Gasteiger partial charge in [0.25, 0.3) is 0 Å². The topological polar surface area (TPSA) is 25.8 Å². The van der Waals surface area contributed by atoms with Crippen molar-refractivity contribution in [3.63, 3.8) is 0 Å². The monoisotopic (exact) mass is 923 g/mol. The molecule has 10 rings (SSSR count). The fraction of sp³-hybridized carbons (Fsp3) is 0.261. The first-order valence-corrected chi connectivity index (χ1v) is 26.4. The van der Waals surface area contributed by atoms with E-state index in [4.69, 9.17) is 4.98 Å². The standard InChI is InChI=1S/C32H28NS.C14H16GeN.Ir/c1-2-4-23(5-3-1)25-11-13-31-29(19-25)28-12-10-26(20-32(28)34-31)30-18-22(14-15-33-30)17-27-16-21-6-8-24(27)9-7-21;1-15(2,3)13-9-10-14(16-11-13)12-7-5-4-6-8-12;/h1-5,11-15,18-21,24,27H,6-9,16-17H2;4-7,9-11H,1-3H3;/q2*-1;. The molecule has 0 saturated heterocycles. The molecule has 0 aliphatic heterocycles. The molecule has 3 aromatic heterocycles. The van der Waals surface area contributed by atoms with E-state index >= 15 is 0 Å². The van der Waals surface area contributed by atoms with Gasteiger partial charge in [0.2, 0.25) is 0 Å². The molecular formula is C46H44GeIrN2S-2. The van der Waals surface area contributed by atoms with Gasteiger partial charge in [-0.2, -0.15) is 11.3 Å². The summed E-state index contributed by atoms with van der Waals surface area (Å²) in [5.41, 5.74) is 8.21. The Morgan fingerprint density at radius 1 is 0.706 bits per heavy atom. The van der Waals surface area contributed by atoms with E-state index < -0.39 is 13.3 Å². The molecule has 3 aliphatic carbocycles. The van der Waals surface area contributed by atoms with Crippen molar-refractivity contribution in [3.05, 3.63) is 139 Å². The molecule has 2 bridgehead atoms. The van der Waals surface area contributed by atoms with Gasteiger partial charge in [0, 0.05) is 31.0 Å². The van der Waals surface area contributed by atoms with E-state index in [1.54, 1.807) is 0 Å². The van der Waals surface area contributed by atoms with Crippen molar-refractivity contribution >= 4 is 49.2 Å². The maximum Gasteiger partial charge on any atom is 0.0246 e. The van der Waals surface area contributed by atoms with Crippen LogP contribution < -0.4 is 4.40 Å². The Morgan fingerprint density at radius 3 is 2.24 bits per heavy atom. The quantitative estimate of drug-likeness (QED) is 0.123. The van der Waals surface area contributed by atoms with E-state index in [1.807, 2.05) is 48.0 Å². The second-order valence-electron chi connectivity index (χ2n) is 15.3. The molecule has 3 aliphatic rings. The van der Waals surface area contributed by atoms with Crippen molar-refractivity contribution < 1.29 is 20.1 Å². The molecule has 3 fully saturated rings. The van der Waals surface area contributed by atoms with E-state index in [1.165, 1.54) is 79.8 Å². The fourth-order valence-corrected chi connectivity index (χ4v) is 11.3. The summed E-state index contributed by atoms with van der Waals surface area (Å²) in [6.45, 7) is 0. The van der Waals surface area contributed by atoms with Gasteiger partial charge in [-0.1, -0.05) is 72.3 Å². The molecule has 1 unspecified atom stereocenters. The second kappa shape index (κ2) is 15.7. The molecule has 3 heterocycles. The van der Waals surface area contributed by atoms with Crippen molar-refractivity contribution in [2.24, 2.45) is 17.8 Å². The molecule has 7 aromatic rings. The summed E-state index contributed by atoms with van der Waals surface area (Å²) in [6, 6.07) is 45.5. The van der Waals surface area contributed by atoms with Crippen LogP contribution >= 0.6 is 11.3 Å². The summed E-state index contributed by atoms with van der Waals surface area (Å²) in [6.07, 6.45) is 12.5. The Labute approximate surface area is 323 Å². The molecule has 0 spiro atoms. The zero-order valence-electron chi connectivity index (χ0n) is 29.7. The number of benzene rings is 4. The molecule has 1 atom stereocenters. The number of pyridine rings is 2. The van der Waals surface area contributed by atoms with Gasteiger partial charge in [-0.3, -0.25) is 0 Å². The molecular weight excluding hydrogens is 877 g/mol. The first-order valence-electron chi connectivity index (χ1n) is 18.2. The molecule has 3 saturated carbocycles. The minimum Gasteiger partial charge on any atom is -0.305 e. The summed E-state index contributed by atoms with van der Waals surface area (Å²) in [5.74, 6) is 9.95. The Morgan fingerprint density at radius 2 is 1.53 bits per heavy atom. The SMILES string of the molecule is [CH3][Ge]([CH3])([CH3])[c]1ccc(-c2[c-]cccc2)nc1.[Ir].[c-]1cc2c(cc1-c1cc(CC3CC4CCC3CC4)ccn1)sc1ccc(-c3ccccc3)cc12. The Hall–Kier alpha value is -3.41. The van der Waals surface area contributed by atoms with Crippen molar-refractivity contribution in [1.29, 1.82) is 0 Å². The predicted molar refractivity (Wildman–Crippen MR) is 216 cm³/mol. The van der Waals surface area contributed by atoms with Crippen LogP contribution in [0.15, 0.2) is 122 Å². The maximum atomic E-state index is 4.74. The summed E-state index contributed by atoms with van der Waals surface area (Å²) in [5, 5.41) is 2.61. The fourth-order valence-electron chi connectivity index (χ4n) is 8.04. The van der Waals surface area contributed by atoms with E-state index in [-0.39, 0.29) is 20.1 Å². The number of hydrogen-bond donors (Lipinski definition) is 0. The van der Waals surface area contributed by atoms with Crippen LogP contribution in [0.25, 0.3) is 53.8 Å². The number of thiophene rings is 1. The largest absolute Gasteiger partial charge is 0.305 e. The van der Waals surface area contributed by atoms with E-state index in [0.29, 0.717) is 0 Å². The predicted octanol–water partition coefficient (Wildman–Crippen LogP) is 12.0. The van der Waals surface area contributed by atoms with Crippen LogP contribution in [0, 0.1) is 29.9 Å². The van der Waals surface area contributed by atoms with Crippen molar-refractivity contribution in [2.45, 2.75) is 55.8 Å². The van der Waals surface area contributed by atoms with Gasteiger partial charge >= 0.3 is 99.8 Å². The van der Waals surface area contributed by atoms with Crippen molar-refractivity contribution in [1.82, 2.24) is 9.97 Å². The third-order valence-electron chi connectivity index (χ3n) is 10.9. The van der Waals surface area contributed by atoms with Crippen LogP contribution in [0.3, 0.4) is 0 Å².